The lowest BCUT2D eigenvalue weighted by Gasteiger charge is -2.23. The zero-order valence-corrected chi connectivity index (χ0v) is 17.0. The Hall–Kier alpha value is -3.29. The molecule has 0 saturated carbocycles. The average molecular weight is 410 g/mol. The first-order chi connectivity index (χ1) is 14.5. The number of imide groups is 1. The molecule has 2 aromatic rings. The number of hydrogen-bond donors (Lipinski definition) is 2. The van der Waals surface area contributed by atoms with Gasteiger partial charge in [0.25, 0.3) is 5.91 Å². The van der Waals surface area contributed by atoms with Gasteiger partial charge in [-0.3, -0.25) is 14.5 Å². The third-order valence-corrected chi connectivity index (χ3v) is 5.71. The first-order valence-electron chi connectivity index (χ1n) is 10.3. The Balaban J connectivity index is 1.37. The Bertz CT molecular complexity index is 917. The summed E-state index contributed by atoms with van der Waals surface area (Å²) in [5.74, 6) is -0.633. The molecule has 0 aliphatic carbocycles. The van der Waals surface area contributed by atoms with Gasteiger partial charge in [0.05, 0.1) is 6.26 Å². The highest BCUT2D eigenvalue weighted by atomic mass is 16.3. The molecule has 1 aromatic heterocycles. The van der Waals surface area contributed by atoms with Crippen molar-refractivity contribution < 1.29 is 18.8 Å². The molecule has 2 aliphatic rings. The van der Waals surface area contributed by atoms with Crippen molar-refractivity contribution in [1.82, 2.24) is 10.2 Å². The fourth-order valence-electron chi connectivity index (χ4n) is 4.00. The highest BCUT2D eigenvalue weighted by molar-refractivity contribution is 6.10. The van der Waals surface area contributed by atoms with Crippen molar-refractivity contribution in [2.75, 3.05) is 29.9 Å². The molecule has 2 fully saturated rings. The van der Waals surface area contributed by atoms with Crippen LogP contribution in [0.1, 0.15) is 38.4 Å². The summed E-state index contributed by atoms with van der Waals surface area (Å²) in [5.41, 5.74) is 0.452. The first-order valence-corrected chi connectivity index (χ1v) is 10.3. The van der Waals surface area contributed by atoms with Crippen molar-refractivity contribution in [3.8, 4) is 0 Å². The van der Waals surface area contributed by atoms with Crippen molar-refractivity contribution in [2.24, 2.45) is 0 Å². The molecular formula is C22H26N4O4. The van der Waals surface area contributed by atoms with Gasteiger partial charge in [-0.2, -0.15) is 0 Å². The highest BCUT2D eigenvalue weighted by Crippen LogP contribution is 2.29. The molecule has 1 atom stereocenters. The number of amides is 4. The molecule has 0 spiro atoms. The van der Waals surface area contributed by atoms with E-state index in [9.17, 15) is 14.4 Å². The summed E-state index contributed by atoms with van der Waals surface area (Å²) >= 11 is 0. The third-order valence-electron chi connectivity index (χ3n) is 5.71. The van der Waals surface area contributed by atoms with Crippen LogP contribution in [0.2, 0.25) is 0 Å². The van der Waals surface area contributed by atoms with Crippen LogP contribution in [0.15, 0.2) is 47.1 Å². The Labute approximate surface area is 175 Å². The minimum absolute atomic E-state index is 0.327. The molecule has 0 radical (unpaired) electrons. The SMILES string of the molecule is CC1(c2ccco2)NC(=O)N(CC(=O)Nc2ccc(N3CCCCCC3)cc2)C1=O. The van der Waals surface area contributed by atoms with Crippen molar-refractivity contribution in [2.45, 2.75) is 38.1 Å². The molecule has 4 rings (SSSR count). The van der Waals surface area contributed by atoms with E-state index in [1.54, 1.807) is 19.1 Å². The van der Waals surface area contributed by atoms with Crippen LogP contribution in [0, 0.1) is 0 Å². The largest absolute Gasteiger partial charge is 0.466 e. The molecular weight excluding hydrogens is 384 g/mol. The normalized spacial score (nSPS) is 22.0. The van der Waals surface area contributed by atoms with Gasteiger partial charge in [-0.05, 0) is 56.2 Å². The second-order valence-corrected chi connectivity index (χ2v) is 7.92. The zero-order chi connectivity index (χ0) is 21.1. The second kappa shape index (κ2) is 8.22. The van der Waals surface area contributed by atoms with Gasteiger partial charge in [-0.15, -0.1) is 0 Å². The van der Waals surface area contributed by atoms with Crippen molar-refractivity contribution in [1.29, 1.82) is 0 Å². The number of nitrogens with zero attached hydrogens (tertiary/aromatic N) is 2. The van der Waals surface area contributed by atoms with Crippen LogP contribution in [0.5, 0.6) is 0 Å². The Kier molecular flexibility index (Phi) is 5.48. The van der Waals surface area contributed by atoms with E-state index >= 15 is 0 Å². The van der Waals surface area contributed by atoms with Crippen LogP contribution in [0.25, 0.3) is 0 Å². The number of furan rings is 1. The van der Waals surface area contributed by atoms with Crippen LogP contribution in [0.3, 0.4) is 0 Å². The van der Waals surface area contributed by atoms with Gasteiger partial charge in [0.1, 0.15) is 12.3 Å². The number of carbonyl (C=O) groups is 3. The third kappa shape index (κ3) is 3.90. The quantitative estimate of drug-likeness (QED) is 0.739. The monoisotopic (exact) mass is 410 g/mol. The minimum Gasteiger partial charge on any atom is -0.466 e. The lowest BCUT2D eigenvalue weighted by Crippen LogP contribution is -2.41. The molecule has 8 nitrogen and oxygen atoms in total. The molecule has 30 heavy (non-hydrogen) atoms. The Morgan fingerprint density at radius 2 is 1.80 bits per heavy atom. The van der Waals surface area contributed by atoms with Crippen LogP contribution in [0.4, 0.5) is 16.2 Å². The topological polar surface area (TPSA) is 94.9 Å². The number of anilines is 2. The van der Waals surface area contributed by atoms with Gasteiger partial charge in [0.2, 0.25) is 5.91 Å². The predicted octanol–water partition coefficient (Wildman–Crippen LogP) is 3.07. The van der Waals surface area contributed by atoms with Gasteiger partial charge in [0.15, 0.2) is 5.54 Å². The fourth-order valence-corrected chi connectivity index (χ4v) is 4.00. The molecule has 3 heterocycles. The summed E-state index contributed by atoms with van der Waals surface area (Å²) in [6.07, 6.45) is 6.37. The summed E-state index contributed by atoms with van der Waals surface area (Å²) in [4.78, 5) is 40.8. The number of urea groups is 1. The van der Waals surface area contributed by atoms with Crippen LogP contribution in [-0.4, -0.2) is 42.4 Å². The van der Waals surface area contributed by atoms with Gasteiger partial charge in [-0.25, -0.2) is 4.79 Å². The van der Waals surface area contributed by atoms with Gasteiger partial charge in [0, 0.05) is 24.5 Å². The summed E-state index contributed by atoms with van der Waals surface area (Å²) in [6, 6.07) is 10.3. The minimum atomic E-state index is -1.31. The van der Waals surface area contributed by atoms with Crippen molar-refractivity contribution in [3.63, 3.8) is 0 Å². The van der Waals surface area contributed by atoms with E-state index in [0.29, 0.717) is 11.4 Å². The van der Waals surface area contributed by atoms with Crippen LogP contribution in [-0.2, 0) is 15.1 Å². The number of nitrogens with one attached hydrogen (secondary N) is 2. The summed E-state index contributed by atoms with van der Waals surface area (Å²) in [7, 11) is 0. The molecule has 1 aromatic carbocycles. The molecule has 2 N–H and O–H groups in total. The van der Waals surface area contributed by atoms with Gasteiger partial charge >= 0.3 is 6.03 Å². The van der Waals surface area contributed by atoms with E-state index in [-0.39, 0.29) is 6.54 Å². The lowest BCUT2D eigenvalue weighted by molar-refractivity contribution is -0.134. The molecule has 4 amide bonds. The Morgan fingerprint density at radius 1 is 1.10 bits per heavy atom. The van der Waals surface area contributed by atoms with Crippen molar-refractivity contribution >= 4 is 29.2 Å². The number of benzene rings is 1. The molecule has 2 aliphatic heterocycles. The zero-order valence-electron chi connectivity index (χ0n) is 17.0. The second-order valence-electron chi connectivity index (χ2n) is 7.92. The maximum Gasteiger partial charge on any atom is 0.325 e. The molecule has 1 unspecified atom stereocenters. The number of rotatable bonds is 5. The van der Waals surface area contributed by atoms with E-state index in [1.165, 1.54) is 31.9 Å². The summed E-state index contributed by atoms with van der Waals surface area (Å²) in [6.45, 7) is 3.29. The van der Waals surface area contributed by atoms with E-state index in [2.05, 4.69) is 15.5 Å². The molecule has 2 saturated heterocycles. The van der Waals surface area contributed by atoms with E-state index in [0.717, 1.165) is 23.7 Å². The maximum atomic E-state index is 12.8. The molecule has 8 heteroatoms. The number of hydrogen-bond acceptors (Lipinski definition) is 5. The lowest BCUT2D eigenvalue weighted by atomic mass is 9.99. The standard InChI is InChI=1S/C22H26N4O4/c1-22(18-7-6-14-30-18)20(28)26(21(29)24-22)15-19(27)23-16-8-10-17(11-9-16)25-12-4-2-3-5-13-25/h6-11,14H,2-5,12-13,15H2,1H3,(H,23,27)(H,24,29). The maximum absolute atomic E-state index is 12.8. The molecule has 0 bridgehead atoms. The van der Waals surface area contributed by atoms with E-state index < -0.39 is 23.4 Å². The number of carbonyl (C=O) groups excluding carboxylic acids is 3. The van der Waals surface area contributed by atoms with Crippen LogP contribution < -0.4 is 15.5 Å². The fraction of sp³-hybridized carbons (Fsp3) is 0.409. The van der Waals surface area contributed by atoms with Crippen LogP contribution >= 0.6 is 0 Å². The highest BCUT2D eigenvalue weighted by Gasteiger charge is 2.51. The first kappa shape index (κ1) is 20.0. The van der Waals surface area contributed by atoms with E-state index in [1.807, 2.05) is 24.3 Å². The smallest absolute Gasteiger partial charge is 0.325 e. The van der Waals surface area contributed by atoms with Gasteiger partial charge < -0.3 is 20.0 Å². The summed E-state index contributed by atoms with van der Waals surface area (Å²) in [5, 5.41) is 5.37. The Morgan fingerprint density at radius 3 is 2.43 bits per heavy atom. The van der Waals surface area contributed by atoms with Crippen molar-refractivity contribution in [3.05, 3.63) is 48.4 Å². The summed E-state index contributed by atoms with van der Waals surface area (Å²) < 4.78 is 5.29. The molecule has 158 valence electrons. The average Bonchev–Trinajstić information content (AvgIpc) is 3.24. The van der Waals surface area contributed by atoms with E-state index in [4.69, 9.17) is 4.42 Å². The predicted molar refractivity (Wildman–Crippen MR) is 112 cm³/mol. The van der Waals surface area contributed by atoms with Gasteiger partial charge in [-0.1, -0.05) is 12.8 Å².